The topological polar surface area (TPSA) is 37.2 Å². The van der Waals surface area contributed by atoms with Crippen LogP contribution in [0.3, 0.4) is 0 Å². The summed E-state index contributed by atoms with van der Waals surface area (Å²) in [6, 6.07) is 16.7. The maximum Gasteiger partial charge on any atom is 0.170 e. The van der Waals surface area contributed by atoms with Gasteiger partial charge in [0, 0.05) is 5.69 Å². The second-order valence-electron chi connectivity index (χ2n) is 7.50. The van der Waals surface area contributed by atoms with Crippen LogP contribution in [0.4, 0.5) is 11.4 Å². The van der Waals surface area contributed by atoms with Gasteiger partial charge in [-0.25, -0.2) is 9.98 Å². The first kappa shape index (κ1) is 19.1. The molecular formula is C23H27N3OS. The smallest absolute Gasteiger partial charge is 0.170 e. The number of rotatable bonds is 3. The molecule has 0 atom stereocenters. The Morgan fingerprint density at radius 3 is 2.46 bits per heavy atom. The van der Waals surface area contributed by atoms with Crippen molar-refractivity contribution in [2.24, 2.45) is 9.98 Å². The Morgan fingerprint density at radius 2 is 1.82 bits per heavy atom. The van der Waals surface area contributed by atoms with Gasteiger partial charge in [0.15, 0.2) is 11.0 Å². The van der Waals surface area contributed by atoms with Gasteiger partial charge in [-0.2, -0.15) is 0 Å². The number of hydrogen-bond donors (Lipinski definition) is 0. The molecule has 2 aromatic rings. The van der Waals surface area contributed by atoms with Crippen LogP contribution in [0.5, 0.6) is 5.75 Å². The van der Waals surface area contributed by atoms with Gasteiger partial charge < -0.3 is 9.64 Å². The molecule has 2 aromatic carbocycles. The van der Waals surface area contributed by atoms with Gasteiger partial charge in [0.1, 0.15) is 11.3 Å². The lowest BCUT2D eigenvalue weighted by Crippen LogP contribution is -2.52. The van der Waals surface area contributed by atoms with Gasteiger partial charge in [-0.15, -0.1) is 0 Å². The maximum absolute atomic E-state index is 5.36. The number of aryl methyl sites for hydroxylation is 1. The van der Waals surface area contributed by atoms with Crippen molar-refractivity contribution in [3.05, 3.63) is 54.1 Å². The summed E-state index contributed by atoms with van der Waals surface area (Å²) < 4.78 is 5.36. The summed E-state index contributed by atoms with van der Waals surface area (Å²) in [6.45, 7) is 2.11. The fourth-order valence-corrected chi connectivity index (χ4v) is 4.93. The molecule has 2 aliphatic rings. The normalized spacial score (nSPS) is 19.9. The lowest BCUT2D eigenvalue weighted by molar-refractivity contribution is 0.385. The first-order chi connectivity index (χ1) is 13.7. The Kier molecular flexibility index (Phi) is 5.44. The molecule has 0 radical (unpaired) electrons. The van der Waals surface area contributed by atoms with E-state index in [2.05, 4.69) is 54.5 Å². The molecule has 5 heteroatoms. The highest BCUT2D eigenvalue weighted by Crippen LogP contribution is 2.44. The Balaban J connectivity index is 1.81. The molecule has 4 rings (SSSR count). The monoisotopic (exact) mass is 393 g/mol. The maximum atomic E-state index is 5.36. The predicted molar refractivity (Wildman–Crippen MR) is 121 cm³/mol. The van der Waals surface area contributed by atoms with Gasteiger partial charge in [-0.05, 0) is 68.0 Å². The second-order valence-corrected chi connectivity index (χ2v) is 8.27. The lowest BCUT2D eigenvalue weighted by atomic mass is 9.79. The number of thioether (sulfide) groups is 1. The van der Waals surface area contributed by atoms with Crippen LogP contribution in [0.2, 0.25) is 0 Å². The van der Waals surface area contributed by atoms with Gasteiger partial charge in [0.05, 0.1) is 12.8 Å². The molecule has 0 saturated heterocycles. The van der Waals surface area contributed by atoms with Crippen LogP contribution in [-0.2, 0) is 0 Å². The van der Waals surface area contributed by atoms with Gasteiger partial charge >= 0.3 is 0 Å². The third-order valence-corrected chi connectivity index (χ3v) is 6.31. The van der Waals surface area contributed by atoms with E-state index in [1.165, 1.54) is 24.8 Å². The van der Waals surface area contributed by atoms with E-state index in [1.807, 2.05) is 12.1 Å². The van der Waals surface area contributed by atoms with Crippen molar-refractivity contribution in [3.63, 3.8) is 0 Å². The first-order valence-corrected chi connectivity index (χ1v) is 11.1. The first-order valence-electron chi connectivity index (χ1n) is 9.89. The summed E-state index contributed by atoms with van der Waals surface area (Å²) >= 11 is 1.69. The third kappa shape index (κ3) is 3.44. The molecule has 1 aliphatic heterocycles. The molecule has 4 nitrogen and oxygen atoms in total. The molecule has 0 aromatic heterocycles. The Morgan fingerprint density at radius 1 is 1.07 bits per heavy atom. The number of benzene rings is 2. The molecule has 146 valence electrons. The molecule has 0 amide bonds. The largest absolute Gasteiger partial charge is 0.497 e. The Labute approximate surface area is 171 Å². The summed E-state index contributed by atoms with van der Waals surface area (Å²) in [5, 5.41) is 1.03. The molecule has 1 spiro atoms. The van der Waals surface area contributed by atoms with Gasteiger partial charge in [-0.3, -0.25) is 0 Å². The quantitative estimate of drug-likeness (QED) is 0.644. The van der Waals surface area contributed by atoms with Crippen LogP contribution in [0.15, 0.2) is 58.5 Å². The SMILES string of the molecule is COc1ccc(N2C(SC)=NC(=Nc3cccc(C)c3)C23CCCCC3)cc1. The van der Waals surface area contributed by atoms with Crippen LogP contribution in [-0.4, -0.2) is 29.9 Å². The van der Waals surface area contributed by atoms with Crippen molar-refractivity contribution in [1.82, 2.24) is 0 Å². The zero-order chi connectivity index (χ0) is 19.6. The highest BCUT2D eigenvalue weighted by atomic mass is 32.2. The highest BCUT2D eigenvalue weighted by molar-refractivity contribution is 8.13. The summed E-state index contributed by atoms with van der Waals surface area (Å²) in [5.41, 5.74) is 3.21. The molecule has 1 fully saturated rings. The van der Waals surface area contributed by atoms with Crippen LogP contribution >= 0.6 is 11.8 Å². The molecule has 0 unspecified atom stereocenters. The van der Waals surface area contributed by atoms with Gasteiger partial charge in [0.25, 0.3) is 0 Å². The van der Waals surface area contributed by atoms with Crippen molar-refractivity contribution in [2.75, 3.05) is 18.3 Å². The standard InChI is InChI=1S/C23H27N3OS/c1-17-8-7-9-18(16-17)24-21-23(14-5-4-6-15-23)26(22(25-21)28-3)19-10-12-20(27-2)13-11-19/h7-13,16H,4-6,14-15H2,1-3H3. The second kappa shape index (κ2) is 8.00. The summed E-state index contributed by atoms with van der Waals surface area (Å²) in [7, 11) is 1.70. The Bertz CT molecular complexity index is 898. The van der Waals surface area contributed by atoms with Gasteiger partial charge in [-0.1, -0.05) is 43.2 Å². The molecule has 0 N–H and O–H groups in total. The average Bonchev–Trinajstić information content (AvgIpc) is 3.01. The number of nitrogens with zero attached hydrogens (tertiary/aromatic N) is 3. The zero-order valence-corrected chi connectivity index (χ0v) is 17.6. The minimum absolute atomic E-state index is 0.158. The van der Waals surface area contributed by atoms with E-state index in [0.717, 1.165) is 41.0 Å². The van der Waals surface area contributed by atoms with Crippen molar-refractivity contribution < 1.29 is 4.74 Å². The minimum Gasteiger partial charge on any atom is -0.497 e. The molecule has 1 saturated carbocycles. The molecular weight excluding hydrogens is 366 g/mol. The average molecular weight is 394 g/mol. The third-order valence-electron chi connectivity index (χ3n) is 5.67. The van der Waals surface area contributed by atoms with Crippen molar-refractivity contribution in [2.45, 2.75) is 44.6 Å². The number of amidine groups is 2. The zero-order valence-electron chi connectivity index (χ0n) is 16.8. The summed E-state index contributed by atoms with van der Waals surface area (Å²) in [5.74, 6) is 1.83. The van der Waals surface area contributed by atoms with Gasteiger partial charge in [0.2, 0.25) is 0 Å². The minimum atomic E-state index is -0.158. The van der Waals surface area contributed by atoms with Crippen LogP contribution in [0, 0.1) is 6.92 Å². The molecule has 28 heavy (non-hydrogen) atoms. The molecule has 1 aliphatic carbocycles. The van der Waals surface area contributed by atoms with Crippen LogP contribution < -0.4 is 9.64 Å². The van der Waals surface area contributed by atoms with E-state index in [-0.39, 0.29) is 5.54 Å². The van der Waals surface area contributed by atoms with E-state index in [1.54, 1.807) is 18.9 Å². The molecule has 0 bridgehead atoms. The van der Waals surface area contributed by atoms with Crippen LogP contribution in [0.1, 0.15) is 37.7 Å². The van der Waals surface area contributed by atoms with Crippen molar-refractivity contribution >= 4 is 34.1 Å². The van der Waals surface area contributed by atoms with Crippen molar-refractivity contribution in [1.29, 1.82) is 0 Å². The van der Waals surface area contributed by atoms with Crippen LogP contribution in [0.25, 0.3) is 0 Å². The van der Waals surface area contributed by atoms with E-state index >= 15 is 0 Å². The van der Waals surface area contributed by atoms with E-state index in [0.29, 0.717) is 0 Å². The van der Waals surface area contributed by atoms with E-state index < -0.39 is 0 Å². The number of methoxy groups -OCH3 is 1. The lowest BCUT2D eigenvalue weighted by Gasteiger charge is -2.42. The number of ether oxygens (including phenoxy) is 1. The molecule has 1 heterocycles. The predicted octanol–water partition coefficient (Wildman–Crippen LogP) is 5.98. The highest BCUT2D eigenvalue weighted by Gasteiger charge is 2.49. The van der Waals surface area contributed by atoms with E-state index in [4.69, 9.17) is 14.7 Å². The fourth-order valence-electron chi connectivity index (χ4n) is 4.29. The fraction of sp³-hybridized carbons (Fsp3) is 0.391. The number of anilines is 1. The van der Waals surface area contributed by atoms with E-state index in [9.17, 15) is 0 Å². The number of hydrogen-bond acceptors (Lipinski definition) is 4. The summed E-state index contributed by atoms with van der Waals surface area (Å²) in [4.78, 5) is 12.5. The number of aliphatic imine (C=N–C) groups is 2. The summed E-state index contributed by atoms with van der Waals surface area (Å²) in [6.07, 6.45) is 7.95. The Hall–Kier alpha value is -2.27. The van der Waals surface area contributed by atoms with Crippen molar-refractivity contribution in [3.8, 4) is 5.75 Å².